The average Bonchev–Trinajstić information content (AvgIpc) is 3.09. The Morgan fingerprint density at radius 2 is 2.00 bits per heavy atom. The smallest absolute Gasteiger partial charge is 0.310 e. The Labute approximate surface area is 139 Å². The second kappa shape index (κ2) is 7.83. The van der Waals surface area contributed by atoms with Crippen molar-refractivity contribution in [3.05, 3.63) is 59.0 Å². The van der Waals surface area contributed by atoms with Crippen LogP contribution in [-0.2, 0) is 16.1 Å². The molecule has 0 N–H and O–H groups in total. The summed E-state index contributed by atoms with van der Waals surface area (Å²) in [6, 6.07) is 10.5. The van der Waals surface area contributed by atoms with Crippen LogP contribution >= 0.6 is 11.6 Å². The van der Waals surface area contributed by atoms with Crippen molar-refractivity contribution in [2.45, 2.75) is 13.5 Å². The molecule has 1 heterocycles. The maximum absolute atomic E-state index is 12.6. The Bertz CT molecular complexity index is 669. The number of halogens is 1. The van der Waals surface area contributed by atoms with Gasteiger partial charge in [0.1, 0.15) is 0 Å². The summed E-state index contributed by atoms with van der Waals surface area (Å²) in [6.45, 7) is 2.19. The monoisotopic (exact) mass is 335 g/mol. The Morgan fingerprint density at radius 3 is 2.61 bits per heavy atom. The standard InChI is InChI=1S/C17H18ClNO4/c1-12(17(21)22-2)10-19(16(20)15-8-5-9-23-15)11-13-6-3-4-7-14(13)18/h3-9,12H,10-11H2,1-2H3. The molecular formula is C17H18ClNO4. The number of hydrogen-bond acceptors (Lipinski definition) is 4. The highest BCUT2D eigenvalue weighted by Gasteiger charge is 2.24. The van der Waals surface area contributed by atoms with E-state index in [9.17, 15) is 9.59 Å². The number of rotatable bonds is 6. The van der Waals surface area contributed by atoms with Gasteiger partial charge in [-0.1, -0.05) is 36.7 Å². The molecule has 0 saturated heterocycles. The van der Waals surface area contributed by atoms with Crippen LogP contribution in [0.15, 0.2) is 47.1 Å². The summed E-state index contributed by atoms with van der Waals surface area (Å²) in [7, 11) is 1.32. The normalized spacial score (nSPS) is 11.8. The maximum Gasteiger partial charge on any atom is 0.310 e. The molecule has 23 heavy (non-hydrogen) atoms. The Balaban J connectivity index is 2.22. The molecule has 1 atom stereocenters. The number of esters is 1. The van der Waals surface area contributed by atoms with Gasteiger partial charge in [0.2, 0.25) is 0 Å². The van der Waals surface area contributed by atoms with Crippen LogP contribution in [-0.4, -0.2) is 30.4 Å². The predicted octanol–water partition coefficient (Wildman–Crippen LogP) is 3.38. The molecule has 1 aromatic heterocycles. The first-order valence-electron chi connectivity index (χ1n) is 7.17. The van der Waals surface area contributed by atoms with Crippen LogP contribution in [0.3, 0.4) is 0 Å². The van der Waals surface area contributed by atoms with E-state index in [1.54, 1.807) is 25.1 Å². The molecular weight excluding hydrogens is 318 g/mol. The van der Waals surface area contributed by atoms with E-state index in [2.05, 4.69) is 0 Å². The summed E-state index contributed by atoms with van der Waals surface area (Å²) in [6.07, 6.45) is 1.44. The van der Waals surface area contributed by atoms with Gasteiger partial charge in [-0.3, -0.25) is 9.59 Å². The van der Waals surface area contributed by atoms with E-state index >= 15 is 0 Å². The van der Waals surface area contributed by atoms with Crippen molar-refractivity contribution in [3.8, 4) is 0 Å². The minimum atomic E-state index is -0.457. The molecule has 0 aliphatic carbocycles. The molecule has 1 aromatic carbocycles. The van der Waals surface area contributed by atoms with Crippen molar-refractivity contribution in [2.75, 3.05) is 13.7 Å². The first-order valence-corrected chi connectivity index (χ1v) is 7.54. The molecule has 6 heteroatoms. The quantitative estimate of drug-likeness (QED) is 0.759. The lowest BCUT2D eigenvalue weighted by molar-refractivity contribution is -0.145. The van der Waals surface area contributed by atoms with Crippen LogP contribution in [0.2, 0.25) is 5.02 Å². The molecule has 0 spiro atoms. The Morgan fingerprint density at radius 1 is 1.26 bits per heavy atom. The zero-order valence-electron chi connectivity index (χ0n) is 13.0. The molecule has 5 nitrogen and oxygen atoms in total. The van der Waals surface area contributed by atoms with Crippen LogP contribution in [0, 0.1) is 5.92 Å². The predicted molar refractivity (Wildman–Crippen MR) is 86.1 cm³/mol. The number of ether oxygens (including phenoxy) is 1. The maximum atomic E-state index is 12.6. The summed E-state index contributed by atoms with van der Waals surface area (Å²) in [5.41, 5.74) is 0.797. The van der Waals surface area contributed by atoms with E-state index in [0.29, 0.717) is 5.02 Å². The molecule has 122 valence electrons. The topological polar surface area (TPSA) is 59.8 Å². The molecule has 0 radical (unpaired) electrons. The van der Waals surface area contributed by atoms with Crippen LogP contribution < -0.4 is 0 Å². The molecule has 1 amide bonds. The van der Waals surface area contributed by atoms with E-state index in [-0.39, 0.29) is 30.7 Å². The largest absolute Gasteiger partial charge is 0.469 e. The lowest BCUT2D eigenvalue weighted by Crippen LogP contribution is -2.36. The second-order valence-electron chi connectivity index (χ2n) is 5.18. The van der Waals surface area contributed by atoms with E-state index in [0.717, 1.165) is 5.56 Å². The molecule has 2 aromatic rings. The molecule has 1 unspecified atom stereocenters. The van der Waals surface area contributed by atoms with Crippen LogP contribution in [0.25, 0.3) is 0 Å². The van der Waals surface area contributed by atoms with Gasteiger partial charge in [0.05, 0.1) is 19.3 Å². The summed E-state index contributed by atoms with van der Waals surface area (Å²) >= 11 is 6.17. The third-order valence-electron chi connectivity index (χ3n) is 3.44. The zero-order chi connectivity index (χ0) is 16.8. The van der Waals surface area contributed by atoms with Gasteiger partial charge >= 0.3 is 5.97 Å². The number of nitrogens with zero attached hydrogens (tertiary/aromatic N) is 1. The number of carbonyl (C=O) groups excluding carboxylic acids is 2. The van der Waals surface area contributed by atoms with Crippen molar-refractivity contribution in [3.63, 3.8) is 0 Å². The van der Waals surface area contributed by atoms with E-state index in [1.165, 1.54) is 18.3 Å². The van der Waals surface area contributed by atoms with Crippen LogP contribution in [0.1, 0.15) is 23.0 Å². The lowest BCUT2D eigenvalue weighted by Gasteiger charge is -2.24. The van der Waals surface area contributed by atoms with Gasteiger partial charge in [-0.2, -0.15) is 0 Å². The van der Waals surface area contributed by atoms with E-state index in [1.807, 2.05) is 18.2 Å². The molecule has 0 fully saturated rings. The first kappa shape index (κ1) is 17.1. The number of methoxy groups -OCH3 is 1. The van der Waals surface area contributed by atoms with Gasteiger partial charge < -0.3 is 14.1 Å². The molecule has 0 aliphatic heterocycles. The fraction of sp³-hybridized carbons (Fsp3) is 0.294. The van der Waals surface area contributed by atoms with Crippen LogP contribution in [0.5, 0.6) is 0 Å². The van der Waals surface area contributed by atoms with Crippen molar-refractivity contribution < 1.29 is 18.7 Å². The lowest BCUT2D eigenvalue weighted by atomic mass is 10.1. The van der Waals surface area contributed by atoms with Crippen molar-refractivity contribution in [1.29, 1.82) is 0 Å². The minimum absolute atomic E-state index is 0.206. The number of furan rings is 1. The van der Waals surface area contributed by atoms with E-state index in [4.69, 9.17) is 20.8 Å². The number of benzene rings is 1. The van der Waals surface area contributed by atoms with Gasteiger partial charge in [-0.05, 0) is 23.8 Å². The Kier molecular flexibility index (Phi) is 5.82. The fourth-order valence-corrected chi connectivity index (χ4v) is 2.41. The third kappa shape index (κ3) is 4.36. The molecule has 2 rings (SSSR count). The average molecular weight is 336 g/mol. The fourth-order valence-electron chi connectivity index (χ4n) is 2.21. The van der Waals surface area contributed by atoms with Gasteiger partial charge in [-0.25, -0.2) is 0 Å². The van der Waals surface area contributed by atoms with Gasteiger partial charge in [0.25, 0.3) is 5.91 Å². The second-order valence-corrected chi connectivity index (χ2v) is 5.59. The minimum Gasteiger partial charge on any atom is -0.469 e. The number of amides is 1. The van der Waals surface area contributed by atoms with Gasteiger partial charge in [-0.15, -0.1) is 0 Å². The van der Waals surface area contributed by atoms with Gasteiger partial charge in [0, 0.05) is 18.1 Å². The van der Waals surface area contributed by atoms with Crippen molar-refractivity contribution >= 4 is 23.5 Å². The highest BCUT2D eigenvalue weighted by atomic mass is 35.5. The number of carbonyl (C=O) groups is 2. The summed E-state index contributed by atoms with van der Waals surface area (Å²) in [4.78, 5) is 25.8. The summed E-state index contributed by atoms with van der Waals surface area (Å²) in [5, 5.41) is 0.565. The Hall–Kier alpha value is -2.27. The first-order chi connectivity index (χ1) is 11.0. The zero-order valence-corrected chi connectivity index (χ0v) is 13.7. The van der Waals surface area contributed by atoms with Gasteiger partial charge in [0.15, 0.2) is 5.76 Å². The molecule has 0 saturated carbocycles. The van der Waals surface area contributed by atoms with Crippen molar-refractivity contribution in [2.24, 2.45) is 5.92 Å². The number of hydrogen-bond donors (Lipinski definition) is 0. The van der Waals surface area contributed by atoms with Crippen molar-refractivity contribution in [1.82, 2.24) is 4.90 Å². The summed E-state index contributed by atoms with van der Waals surface area (Å²) in [5.74, 6) is -0.914. The SMILES string of the molecule is COC(=O)C(C)CN(Cc1ccccc1Cl)C(=O)c1ccco1. The summed E-state index contributed by atoms with van der Waals surface area (Å²) < 4.78 is 9.90. The highest BCUT2D eigenvalue weighted by molar-refractivity contribution is 6.31. The highest BCUT2D eigenvalue weighted by Crippen LogP contribution is 2.19. The van der Waals surface area contributed by atoms with E-state index < -0.39 is 5.92 Å². The molecule has 0 bridgehead atoms. The van der Waals surface area contributed by atoms with Crippen LogP contribution in [0.4, 0.5) is 0 Å². The third-order valence-corrected chi connectivity index (χ3v) is 3.80. The molecule has 0 aliphatic rings.